The highest BCUT2D eigenvalue weighted by molar-refractivity contribution is 7.55. The Morgan fingerprint density at radius 3 is 2.44 bits per heavy atom. The zero-order valence-electron chi connectivity index (χ0n) is 10.7. The summed E-state index contributed by atoms with van der Waals surface area (Å²) in [5, 5.41) is 8.73. The molecule has 0 bridgehead atoms. The molecule has 1 aliphatic rings. The standard InChI is InChI=1S/C11H23O4P/c1-5-6-7-8-14-16(13)11(4,12)9-10(2,3)15-16/h12H,5-9H2,1-4H3/t11-,16?/m0/s1. The molecule has 0 amide bonds. The van der Waals surface area contributed by atoms with Crippen molar-refractivity contribution in [1.29, 1.82) is 0 Å². The van der Waals surface area contributed by atoms with Gasteiger partial charge in [0, 0.05) is 6.42 Å². The number of unbranched alkanes of at least 4 members (excludes halogenated alkanes) is 2. The topological polar surface area (TPSA) is 55.8 Å². The van der Waals surface area contributed by atoms with Crippen molar-refractivity contribution in [2.45, 2.75) is 64.3 Å². The summed E-state index contributed by atoms with van der Waals surface area (Å²) < 4.78 is 23.1. The third-order valence-corrected chi connectivity index (χ3v) is 5.32. The summed E-state index contributed by atoms with van der Waals surface area (Å²) in [7, 11) is -3.38. The first-order chi connectivity index (χ1) is 7.22. The fourth-order valence-electron chi connectivity index (χ4n) is 2.06. The van der Waals surface area contributed by atoms with E-state index in [9.17, 15) is 9.67 Å². The Morgan fingerprint density at radius 1 is 1.38 bits per heavy atom. The van der Waals surface area contributed by atoms with Gasteiger partial charge in [0.25, 0.3) is 0 Å². The molecule has 16 heavy (non-hydrogen) atoms. The van der Waals surface area contributed by atoms with E-state index in [0.717, 1.165) is 19.3 Å². The second-order valence-corrected chi connectivity index (χ2v) is 7.68. The fourth-order valence-corrected chi connectivity index (χ4v) is 4.25. The first-order valence-corrected chi connectivity index (χ1v) is 7.44. The molecule has 1 heterocycles. The smallest absolute Gasteiger partial charge is 0.362 e. The average molecular weight is 250 g/mol. The van der Waals surface area contributed by atoms with E-state index in [0.29, 0.717) is 13.0 Å². The van der Waals surface area contributed by atoms with Gasteiger partial charge in [0.2, 0.25) is 0 Å². The quantitative estimate of drug-likeness (QED) is 0.601. The summed E-state index contributed by atoms with van der Waals surface area (Å²) in [6.45, 7) is 7.64. The number of aliphatic hydroxyl groups is 1. The minimum atomic E-state index is -3.38. The molecule has 0 aliphatic carbocycles. The van der Waals surface area contributed by atoms with Gasteiger partial charge in [-0.25, -0.2) is 0 Å². The second kappa shape index (κ2) is 4.77. The van der Waals surface area contributed by atoms with Crippen molar-refractivity contribution >= 4 is 7.60 Å². The van der Waals surface area contributed by atoms with Crippen molar-refractivity contribution in [3.05, 3.63) is 0 Å². The van der Waals surface area contributed by atoms with Crippen LogP contribution in [0.1, 0.15) is 53.4 Å². The van der Waals surface area contributed by atoms with Gasteiger partial charge in [-0.2, -0.15) is 0 Å². The summed E-state index contributed by atoms with van der Waals surface area (Å²) in [5.41, 5.74) is -0.580. The van der Waals surface area contributed by atoms with Crippen molar-refractivity contribution in [2.24, 2.45) is 0 Å². The Bertz CT molecular complexity index is 286. The maximum Gasteiger partial charge on any atom is 0.362 e. The maximum atomic E-state index is 12.4. The molecule has 1 N–H and O–H groups in total. The zero-order valence-corrected chi connectivity index (χ0v) is 11.5. The van der Waals surface area contributed by atoms with Gasteiger partial charge in [0.15, 0.2) is 5.34 Å². The highest BCUT2D eigenvalue weighted by Crippen LogP contribution is 2.69. The fraction of sp³-hybridized carbons (Fsp3) is 1.00. The van der Waals surface area contributed by atoms with Crippen LogP contribution in [0.4, 0.5) is 0 Å². The second-order valence-electron chi connectivity index (χ2n) is 5.28. The normalized spacial score (nSPS) is 37.8. The largest absolute Gasteiger partial charge is 0.377 e. The molecule has 1 unspecified atom stereocenters. The predicted molar refractivity (Wildman–Crippen MR) is 63.5 cm³/mol. The van der Waals surface area contributed by atoms with Gasteiger partial charge < -0.3 is 14.2 Å². The monoisotopic (exact) mass is 250 g/mol. The molecule has 4 nitrogen and oxygen atoms in total. The van der Waals surface area contributed by atoms with Crippen LogP contribution in [0.2, 0.25) is 0 Å². The molecule has 1 rings (SSSR count). The zero-order chi connectivity index (χ0) is 12.4. The summed E-state index contributed by atoms with van der Waals surface area (Å²) in [4.78, 5) is 0. The minimum absolute atomic E-state index is 0.338. The molecule has 0 aromatic rings. The number of hydrogen-bond acceptors (Lipinski definition) is 4. The van der Waals surface area contributed by atoms with Gasteiger partial charge in [-0.3, -0.25) is 4.57 Å². The Balaban J connectivity index is 2.59. The molecule has 96 valence electrons. The van der Waals surface area contributed by atoms with Gasteiger partial charge in [-0.1, -0.05) is 19.8 Å². The lowest BCUT2D eigenvalue weighted by Crippen LogP contribution is -2.24. The van der Waals surface area contributed by atoms with Gasteiger partial charge in [-0.05, 0) is 27.2 Å². The van der Waals surface area contributed by atoms with Gasteiger partial charge in [-0.15, -0.1) is 0 Å². The molecule has 0 aromatic heterocycles. The van der Waals surface area contributed by atoms with Crippen molar-refractivity contribution in [3.63, 3.8) is 0 Å². The van der Waals surface area contributed by atoms with E-state index >= 15 is 0 Å². The lowest BCUT2D eigenvalue weighted by molar-refractivity contribution is 0.0925. The first kappa shape index (κ1) is 14.2. The van der Waals surface area contributed by atoms with E-state index in [2.05, 4.69) is 6.92 Å². The predicted octanol–water partition coefficient (Wildman–Crippen LogP) is 3.29. The molecule has 1 fully saturated rings. The molecule has 1 saturated heterocycles. The van der Waals surface area contributed by atoms with Gasteiger partial charge in [0.1, 0.15) is 0 Å². The molecular weight excluding hydrogens is 227 g/mol. The summed E-state index contributed by atoms with van der Waals surface area (Å²) >= 11 is 0. The highest BCUT2D eigenvalue weighted by Gasteiger charge is 2.58. The minimum Gasteiger partial charge on any atom is -0.377 e. The van der Waals surface area contributed by atoms with Crippen LogP contribution in [-0.2, 0) is 13.6 Å². The molecule has 0 radical (unpaired) electrons. The molecule has 0 aromatic carbocycles. The van der Waals surface area contributed by atoms with Crippen LogP contribution in [-0.4, -0.2) is 22.7 Å². The highest BCUT2D eigenvalue weighted by atomic mass is 31.2. The average Bonchev–Trinajstić information content (AvgIpc) is 2.25. The van der Waals surface area contributed by atoms with Crippen LogP contribution in [0.3, 0.4) is 0 Å². The van der Waals surface area contributed by atoms with Crippen LogP contribution < -0.4 is 0 Å². The van der Waals surface area contributed by atoms with Crippen molar-refractivity contribution in [2.75, 3.05) is 6.61 Å². The van der Waals surface area contributed by atoms with Crippen LogP contribution >= 0.6 is 7.60 Å². The van der Waals surface area contributed by atoms with Crippen molar-refractivity contribution in [1.82, 2.24) is 0 Å². The summed E-state index contributed by atoms with van der Waals surface area (Å²) in [6, 6.07) is 0. The first-order valence-electron chi connectivity index (χ1n) is 5.90. The Kier molecular flexibility index (Phi) is 4.23. The number of hydrogen-bond donors (Lipinski definition) is 1. The third kappa shape index (κ3) is 3.07. The molecule has 0 spiro atoms. The van der Waals surface area contributed by atoms with Crippen molar-refractivity contribution in [3.8, 4) is 0 Å². The van der Waals surface area contributed by atoms with Crippen LogP contribution in [0, 0.1) is 0 Å². The van der Waals surface area contributed by atoms with E-state index < -0.39 is 18.5 Å². The number of rotatable bonds is 5. The molecule has 1 aliphatic heterocycles. The SMILES string of the molecule is CCCCCOP1(=O)OC(C)(C)C[C@@]1(C)O. The van der Waals surface area contributed by atoms with E-state index in [-0.39, 0.29) is 0 Å². The summed E-state index contributed by atoms with van der Waals surface area (Å²) in [5.74, 6) is 0. The van der Waals surface area contributed by atoms with E-state index in [4.69, 9.17) is 9.05 Å². The van der Waals surface area contributed by atoms with E-state index in [1.165, 1.54) is 6.92 Å². The Labute approximate surface area is 97.9 Å². The van der Waals surface area contributed by atoms with Gasteiger partial charge in [0.05, 0.1) is 12.2 Å². The third-order valence-electron chi connectivity index (χ3n) is 2.73. The van der Waals surface area contributed by atoms with Crippen LogP contribution in [0.15, 0.2) is 0 Å². The van der Waals surface area contributed by atoms with Crippen LogP contribution in [0.5, 0.6) is 0 Å². The lowest BCUT2D eigenvalue weighted by Gasteiger charge is -2.23. The molecule has 2 atom stereocenters. The maximum absolute atomic E-state index is 12.4. The van der Waals surface area contributed by atoms with E-state index in [1.807, 2.05) is 13.8 Å². The van der Waals surface area contributed by atoms with Gasteiger partial charge >= 0.3 is 7.60 Å². The van der Waals surface area contributed by atoms with Crippen molar-refractivity contribution < 1.29 is 18.7 Å². The summed E-state index contributed by atoms with van der Waals surface area (Å²) in [6.07, 6.45) is 3.30. The Hall–Kier alpha value is 0.110. The Morgan fingerprint density at radius 2 is 2.00 bits per heavy atom. The molecule has 5 heteroatoms. The van der Waals surface area contributed by atoms with E-state index in [1.54, 1.807) is 0 Å². The molecular formula is C11H23O4P. The van der Waals surface area contributed by atoms with Crippen LogP contribution in [0.25, 0.3) is 0 Å². The molecule has 0 saturated carbocycles. The lowest BCUT2D eigenvalue weighted by atomic mass is 10.0.